The van der Waals surface area contributed by atoms with Crippen LogP contribution in [0.5, 0.6) is 11.5 Å². The molecule has 1 fully saturated rings. The molecule has 2 aromatic rings. The molecule has 1 heterocycles. The Kier molecular flexibility index (Phi) is 7.56. The van der Waals surface area contributed by atoms with Crippen molar-refractivity contribution in [1.29, 1.82) is 0 Å². The lowest BCUT2D eigenvalue weighted by Gasteiger charge is -2.32. The molecule has 0 saturated carbocycles. The molecule has 1 saturated heterocycles. The number of rotatable bonds is 8. The number of nitrogens with one attached hydrogen (secondary N) is 1. The largest absolute Gasteiger partial charge is 0.497 e. The zero-order chi connectivity index (χ0) is 22.4. The van der Waals surface area contributed by atoms with Crippen molar-refractivity contribution >= 4 is 15.9 Å². The average Bonchev–Trinajstić information content (AvgIpc) is 2.82. The van der Waals surface area contributed by atoms with Crippen LogP contribution in [-0.4, -0.2) is 45.9 Å². The van der Waals surface area contributed by atoms with Gasteiger partial charge in [0.15, 0.2) is 0 Å². The van der Waals surface area contributed by atoms with Crippen LogP contribution in [0.1, 0.15) is 37.8 Å². The van der Waals surface area contributed by atoms with Gasteiger partial charge in [-0.1, -0.05) is 19.1 Å². The van der Waals surface area contributed by atoms with Gasteiger partial charge >= 0.3 is 0 Å². The molecule has 1 aliphatic rings. The number of carbonyl (C=O) groups is 1. The maximum atomic E-state index is 13.1. The summed E-state index contributed by atoms with van der Waals surface area (Å²) >= 11 is 0. The molecule has 7 nitrogen and oxygen atoms in total. The van der Waals surface area contributed by atoms with E-state index in [-0.39, 0.29) is 29.3 Å². The summed E-state index contributed by atoms with van der Waals surface area (Å²) in [5.74, 6) is 0.863. The van der Waals surface area contributed by atoms with Crippen LogP contribution in [0.4, 0.5) is 0 Å². The zero-order valence-corrected chi connectivity index (χ0v) is 19.0. The second kappa shape index (κ2) is 10.2. The molecule has 0 aromatic heterocycles. The van der Waals surface area contributed by atoms with Gasteiger partial charge in [-0.2, -0.15) is 4.31 Å². The van der Waals surface area contributed by atoms with E-state index in [4.69, 9.17) is 9.47 Å². The molecule has 2 aromatic carbocycles. The molecule has 1 aliphatic heterocycles. The van der Waals surface area contributed by atoms with Gasteiger partial charge < -0.3 is 14.8 Å². The Morgan fingerprint density at radius 3 is 2.19 bits per heavy atom. The van der Waals surface area contributed by atoms with Crippen molar-refractivity contribution in [2.24, 2.45) is 5.92 Å². The molecule has 3 rings (SSSR count). The van der Waals surface area contributed by atoms with Gasteiger partial charge in [-0.3, -0.25) is 4.79 Å². The van der Waals surface area contributed by atoms with E-state index >= 15 is 0 Å². The molecule has 31 heavy (non-hydrogen) atoms. The Hall–Kier alpha value is -2.58. The summed E-state index contributed by atoms with van der Waals surface area (Å²) in [4.78, 5) is 13.2. The number of hydrogen-bond donors (Lipinski definition) is 1. The number of nitrogens with zero attached hydrogens (tertiary/aromatic N) is 1. The number of methoxy groups -OCH3 is 2. The van der Waals surface area contributed by atoms with Crippen molar-refractivity contribution in [2.45, 2.75) is 37.1 Å². The molecule has 0 bridgehead atoms. The number of carbonyl (C=O) groups excluding carboxylic acids is 1. The fourth-order valence-corrected chi connectivity index (χ4v) is 5.34. The average molecular weight is 447 g/mol. The number of benzene rings is 2. The molecule has 8 heteroatoms. The molecule has 0 aliphatic carbocycles. The Morgan fingerprint density at radius 1 is 1.06 bits per heavy atom. The lowest BCUT2D eigenvalue weighted by molar-refractivity contribution is -0.126. The first-order valence-electron chi connectivity index (χ1n) is 10.5. The van der Waals surface area contributed by atoms with Gasteiger partial charge in [-0.15, -0.1) is 0 Å². The van der Waals surface area contributed by atoms with Crippen molar-refractivity contribution in [3.05, 3.63) is 54.1 Å². The Morgan fingerprint density at radius 2 is 1.65 bits per heavy atom. The third-order valence-corrected chi connectivity index (χ3v) is 7.57. The van der Waals surface area contributed by atoms with Gasteiger partial charge in [-0.05, 0) is 61.2 Å². The molecule has 0 radical (unpaired) electrons. The molecule has 0 unspecified atom stereocenters. The van der Waals surface area contributed by atoms with Gasteiger partial charge in [0.1, 0.15) is 11.5 Å². The summed E-state index contributed by atoms with van der Waals surface area (Å²) < 4.78 is 37.8. The second-order valence-electron chi connectivity index (χ2n) is 7.62. The van der Waals surface area contributed by atoms with Crippen molar-refractivity contribution in [1.82, 2.24) is 9.62 Å². The van der Waals surface area contributed by atoms with E-state index in [0.717, 1.165) is 17.7 Å². The Balaban J connectivity index is 1.68. The van der Waals surface area contributed by atoms with E-state index in [0.29, 0.717) is 25.1 Å². The quantitative estimate of drug-likeness (QED) is 0.672. The second-order valence-corrected chi connectivity index (χ2v) is 9.56. The number of sulfonamides is 1. The fourth-order valence-electron chi connectivity index (χ4n) is 3.82. The maximum Gasteiger partial charge on any atom is 0.243 e. The van der Waals surface area contributed by atoms with E-state index in [9.17, 15) is 13.2 Å². The summed E-state index contributed by atoms with van der Waals surface area (Å²) in [6.45, 7) is 2.60. The highest BCUT2D eigenvalue weighted by Gasteiger charge is 2.34. The summed E-state index contributed by atoms with van der Waals surface area (Å²) in [7, 11) is -0.515. The van der Waals surface area contributed by atoms with E-state index in [1.54, 1.807) is 19.2 Å². The standard InChI is InChI=1S/C23H30N2O5S/c1-4-22(17-7-9-19(29-2)10-8-17)24-23(26)18-6-5-15-25(16-18)31(27,28)21-13-11-20(30-3)12-14-21/h7-14,18,22H,4-6,15-16H2,1-3H3,(H,24,26)/t18-,22-/m0/s1. The Labute approximate surface area is 184 Å². The summed E-state index contributed by atoms with van der Waals surface area (Å²) in [6, 6.07) is 13.8. The van der Waals surface area contributed by atoms with E-state index in [1.165, 1.54) is 23.5 Å². The highest BCUT2D eigenvalue weighted by Crippen LogP contribution is 2.27. The predicted molar refractivity (Wildman–Crippen MR) is 119 cm³/mol. The Bertz CT molecular complexity index is 974. The minimum Gasteiger partial charge on any atom is -0.497 e. The topological polar surface area (TPSA) is 84.9 Å². The van der Waals surface area contributed by atoms with Crippen LogP contribution in [-0.2, 0) is 14.8 Å². The highest BCUT2D eigenvalue weighted by molar-refractivity contribution is 7.89. The monoisotopic (exact) mass is 446 g/mol. The van der Waals surface area contributed by atoms with Gasteiger partial charge in [0.25, 0.3) is 0 Å². The summed E-state index contributed by atoms with van der Waals surface area (Å²) in [5, 5.41) is 3.10. The van der Waals surface area contributed by atoms with Crippen molar-refractivity contribution in [2.75, 3.05) is 27.3 Å². The SMILES string of the molecule is CC[C@H](NC(=O)[C@H]1CCCN(S(=O)(=O)c2ccc(OC)cc2)C1)c1ccc(OC)cc1. The molecule has 168 valence electrons. The fraction of sp³-hybridized carbons (Fsp3) is 0.435. The number of piperidine rings is 1. The van der Waals surface area contributed by atoms with Gasteiger partial charge in [0.05, 0.1) is 31.1 Å². The van der Waals surface area contributed by atoms with E-state index < -0.39 is 10.0 Å². The van der Waals surface area contributed by atoms with Crippen LogP contribution in [0.3, 0.4) is 0 Å². The normalized spacial score (nSPS) is 18.2. The molecule has 2 atom stereocenters. The number of amides is 1. The summed E-state index contributed by atoms with van der Waals surface area (Å²) in [5.41, 5.74) is 0.996. The minimum absolute atomic E-state index is 0.114. The van der Waals surface area contributed by atoms with Crippen LogP contribution in [0.2, 0.25) is 0 Å². The van der Waals surface area contributed by atoms with Crippen molar-refractivity contribution in [3.8, 4) is 11.5 Å². The highest BCUT2D eigenvalue weighted by atomic mass is 32.2. The molecule has 1 amide bonds. The lowest BCUT2D eigenvalue weighted by Crippen LogP contribution is -2.46. The maximum absolute atomic E-state index is 13.1. The molecular formula is C23H30N2O5S. The van der Waals surface area contributed by atoms with E-state index in [2.05, 4.69) is 5.32 Å². The van der Waals surface area contributed by atoms with Crippen LogP contribution < -0.4 is 14.8 Å². The van der Waals surface area contributed by atoms with Crippen LogP contribution >= 0.6 is 0 Å². The first-order chi connectivity index (χ1) is 14.9. The third-order valence-electron chi connectivity index (χ3n) is 5.70. The minimum atomic E-state index is -3.66. The van der Waals surface area contributed by atoms with Gasteiger partial charge in [-0.25, -0.2) is 8.42 Å². The molecular weight excluding hydrogens is 416 g/mol. The van der Waals surface area contributed by atoms with Crippen LogP contribution in [0.15, 0.2) is 53.4 Å². The van der Waals surface area contributed by atoms with E-state index in [1.807, 2.05) is 31.2 Å². The van der Waals surface area contributed by atoms with Gasteiger partial charge in [0, 0.05) is 13.1 Å². The number of hydrogen-bond acceptors (Lipinski definition) is 5. The first kappa shape index (κ1) is 23.1. The molecule has 0 spiro atoms. The van der Waals surface area contributed by atoms with Crippen molar-refractivity contribution < 1.29 is 22.7 Å². The first-order valence-corrected chi connectivity index (χ1v) is 11.9. The lowest BCUT2D eigenvalue weighted by atomic mass is 9.97. The van der Waals surface area contributed by atoms with Crippen molar-refractivity contribution in [3.63, 3.8) is 0 Å². The molecule has 1 N–H and O–H groups in total. The van der Waals surface area contributed by atoms with Crippen LogP contribution in [0, 0.1) is 5.92 Å². The number of ether oxygens (including phenoxy) is 2. The van der Waals surface area contributed by atoms with Gasteiger partial charge in [0.2, 0.25) is 15.9 Å². The predicted octanol–water partition coefficient (Wildman–Crippen LogP) is 3.37. The summed E-state index contributed by atoms with van der Waals surface area (Å²) in [6.07, 6.45) is 2.05. The van der Waals surface area contributed by atoms with Crippen LogP contribution in [0.25, 0.3) is 0 Å². The smallest absolute Gasteiger partial charge is 0.243 e. The third kappa shape index (κ3) is 5.37. The zero-order valence-electron chi connectivity index (χ0n) is 18.2.